The van der Waals surface area contributed by atoms with Gasteiger partial charge in [-0.3, -0.25) is 0 Å². The highest BCUT2D eigenvalue weighted by atomic mass is 32.1. The second kappa shape index (κ2) is 4.39. The first-order valence-corrected chi connectivity index (χ1v) is 4.55. The van der Waals surface area contributed by atoms with Gasteiger partial charge >= 0.3 is 0 Å². The van der Waals surface area contributed by atoms with E-state index >= 15 is 0 Å². The van der Waals surface area contributed by atoms with Gasteiger partial charge in [-0.1, -0.05) is 6.07 Å². The van der Waals surface area contributed by atoms with Gasteiger partial charge in [0.2, 0.25) is 0 Å². The van der Waals surface area contributed by atoms with E-state index in [-0.39, 0.29) is 11.8 Å². The van der Waals surface area contributed by atoms with Gasteiger partial charge in [0.1, 0.15) is 0 Å². The third-order valence-electron chi connectivity index (χ3n) is 1.83. The topological polar surface area (TPSA) is 55.5 Å². The molecule has 4 heteroatoms. The molecule has 13 heavy (non-hydrogen) atoms. The van der Waals surface area contributed by atoms with Crippen LogP contribution in [0.5, 0.6) is 11.5 Å². The average Bonchev–Trinajstić information content (AvgIpc) is 2.16. The summed E-state index contributed by atoms with van der Waals surface area (Å²) < 4.78 is 4.90. The molecule has 0 amide bonds. The fraction of sp³-hybridized carbons (Fsp3) is 0.333. The highest BCUT2D eigenvalue weighted by Crippen LogP contribution is 2.28. The Labute approximate surface area is 82.9 Å². The zero-order valence-corrected chi connectivity index (χ0v) is 8.29. The van der Waals surface area contributed by atoms with Crippen LogP contribution in [0.1, 0.15) is 11.6 Å². The molecule has 0 aliphatic heterocycles. The summed E-state index contributed by atoms with van der Waals surface area (Å²) in [6, 6.07) is 4.95. The van der Waals surface area contributed by atoms with Gasteiger partial charge < -0.3 is 15.6 Å². The van der Waals surface area contributed by atoms with E-state index in [1.54, 1.807) is 12.1 Å². The Hall–Kier alpha value is -0.870. The molecule has 1 aromatic carbocycles. The van der Waals surface area contributed by atoms with Crippen molar-refractivity contribution in [3.8, 4) is 11.5 Å². The van der Waals surface area contributed by atoms with Crippen LogP contribution in [0.2, 0.25) is 0 Å². The Morgan fingerprint density at radius 1 is 1.62 bits per heavy atom. The van der Waals surface area contributed by atoms with Crippen LogP contribution in [0, 0.1) is 0 Å². The first kappa shape index (κ1) is 10.2. The smallest absolute Gasteiger partial charge is 0.160 e. The summed E-state index contributed by atoms with van der Waals surface area (Å²) in [4.78, 5) is 0. The molecule has 1 unspecified atom stereocenters. The maximum Gasteiger partial charge on any atom is 0.160 e. The Bertz CT molecular complexity index is 291. The summed E-state index contributed by atoms with van der Waals surface area (Å²) in [5, 5.41) is 9.43. The van der Waals surface area contributed by atoms with Crippen molar-refractivity contribution in [3.05, 3.63) is 23.8 Å². The first-order valence-electron chi connectivity index (χ1n) is 3.92. The lowest BCUT2D eigenvalue weighted by Crippen LogP contribution is -2.11. The van der Waals surface area contributed by atoms with E-state index < -0.39 is 0 Å². The molecule has 0 radical (unpaired) electrons. The molecular formula is C9H13NO2S. The number of rotatable bonds is 3. The molecule has 0 heterocycles. The normalized spacial score (nSPS) is 12.5. The largest absolute Gasteiger partial charge is 0.504 e. The third kappa shape index (κ3) is 2.29. The maximum atomic E-state index is 9.43. The van der Waals surface area contributed by atoms with Crippen molar-refractivity contribution >= 4 is 12.6 Å². The summed E-state index contributed by atoms with van der Waals surface area (Å²) >= 11 is 4.07. The summed E-state index contributed by atoms with van der Waals surface area (Å²) in [6.45, 7) is 0. The minimum Gasteiger partial charge on any atom is -0.504 e. The average molecular weight is 199 g/mol. The van der Waals surface area contributed by atoms with Crippen molar-refractivity contribution in [1.82, 2.24) is 0 Å². The molecule has 0 aromatic heterocycles. The van der Waals surface area contributed by atoms with Crippen molar-refractivity contribution in [2.45, 2.75) is 6.04 Å². The molecular weight excluding hydrogens is 186 g/mol. The Morgan fingerprint density at radius 3 is 2.77 bits per heavy atom. The van der Waals surface area contributed by atoms with Crippen molar-refractivity contribution in [2.24, 2.45) is 5.73 Å². The van der Waals surface area contributed by atoms with Crippen LogP contribution >= 0.6 is 12.6 Å². The Balaban J connectivity index is 2.95. The lowest BCUT2D eigenvalue weighted by molar-refractivity contribution is 0.373. The zero-order valence-electron chi connectivity index (χ0n) is 7.40. The van der Waals surface area contributed by atoms with Gasteiger partial charge in [0.05, 0.1) is 7.11 Å². The minimum absolute atomic E-state index is 0.109. The predicted molar refractivity (Wildman–Crippen MR) is 55.4 cm³/mol. The van der Waals surface area contributed by atoms with Crippen LogP contribution in [0.25, 0.3) is 0 Å². The molecule has 1 atom stereocenters. The molecule has 0 aliphatic rings. The lowest BCUT2D eigenvalue weighted by Gasteiger charge is -2.10. The molecule has 72 valence electrons. The number of methoxy groups -OCH3 is 1. The predicted octanol–water partition coefficient (Wildman–Crippen LogP) is 1.33. The molecule has 3 N–H and O–H groups in total. The Morgan fingerprint density at radius 2 is 2.31 bits per heavy atom. The quantitative estimate of drug-likeness (QED) is 0.644. The van der Waals surface area contributed by atoms with Crippen LogP contribution in [0.3, 0.4) is 0 Å². The molecule has 0 spiro atoms. The van der Waals surface area contributed by atoms with Gasteiger partial charge in [-0.2, -0.15) is 12.6 Å². The van der Waals surface area contributed by atoms with Crippen molar-refractivity contribution < 1.29 is 9.84 Å². The number of benzene rings is 1. The van der Waals surface area contributed by atoms with Crippen LogP contribution < -0.4 is 10.5 Å². The number of phenolic OH excluding ortho intramolecular Hbond substituents is 1. The van der Waals surface area contributed by atoms with E-state index in [1.165, 1.54) is 7.11 Å². The van der Waals surface area contributed by atoms with E-state index in [0.717, 1.165) is 5.56 Å². The molecule has 3 nitrogen and oxygen atoms in total. The van der Waals surface area contributed by atoms with E-state index in [0.29, 0.717) is 11.5 Å². The highest BCUT2D eigenvalue weighted by Gasteiger charge is 2.07. The molecule has 0 aliphatic carbocycles. The molecule has 0 bridgehead atoms. The fourth-order valence-corrected chi connectivity index (χ4v) is 1.25. The first-order chi connectivity index (χ1) is 6.19. The van der Waals surface area contributed by atoms with E-state index in [1.807, 2.05) is 6.07 Å². The van der Waals surface area contributed by atoms with Gasteiger partial charge in [-0.25, -0.2) is 0 Å². The van der Waals surface area contributed by atoms with Gasteiger partial charge in [-0.15, -0.1) is 0 Å². The monoisotopic (exact) mass is 199 g/mol. The minimum atomic E-state index is -0.153. The van der Waals surface area contributed by atoms with Crippen LogP contribution in [-0.2, 0) is 0 Å². The summed E-state index contributed by atoms with van der Waals surface area (Å²) in [7, 11) is 1.51. The highest BCUT2D eigenvalue weighted by molar-refractivity contribution is 7.80. The van der Waals surface area contributed by atoms with Crippen molar-refractivity contribution in [2.75, 3.05) is 12.9 Å². The van der Waals surface area contributed by atoms with Crippen LogP contribution in [0.4, 0.5) is 0 Å². The standard InChI is InChI=1S/C9H13NO2S/c1-12-9-3-2-6(4-8(9)11)7(10)5-13/h2-4,7,11,13H,5,10H2,1H3. The molecule has 1 rings (SSSR count). The number of hydrogen-bond donors (Lipinski definition) is 3. The second-order valence-corrected chi connectivity index (χ2v) is 3.09. The van der Waals surface area contributed by atoms with E-state index in [2.05, 4.69) is 12.6 Å². The van der Waals surface area contributed by atoms with Crippen molar-refractivity contribution in [3.63, 3.8) is 0 Å². The van der Waals surface area contributed by atoms with E-state index in [9.17, 15) is 5.11 Å². The number of thiol groups is 1. The summed E-state index contributed by atoms with van der Waals surface area (Å²) in [5.41, 5.74) is 6.58. The SMILES string of the molecule is COc1ccc(C(N)CS)cc1O. The number of nitrogens with two attached hydrogens (primary N) is 1. The maximum absolute atomic E-state index is 9.43. The number of ether oxygens (including phenoxy) is 1. The van der Waals surface area contributed by atoms with Gasteiger partial charge in [-0.05, 0) is 17.7 Å². The zero-order chi connectivity index (χ0) is 9.84. The molecule has 1 aromatic rings. The number of aromatic hydroxyl groups is 1. The van der Waals surface area contributed by atoms with Gasteiger partial charge in [0, 0.05) is 11.8 Å². The van der Waals surface area contributed by atoms with Crippen molar-refractivity contribution in [1.29, 1.82) is 0 Å². The summed E-state index contributed by atoms with van der Waals surface area (Å²) in [6.07, 6.45) is 0. The van der Waals surface area contributed by atoms with Crippen LogP contribution in [0.15, 0.2) is 18.2 Å². The summed E-state index contributed by atoms with van der Waals surface area (Å²) in [5.74, 6) is 1.11. The number of hydrogen-bond acceptors (Lipinski definition) is 4. The van der Waals surface area contributed by atoms with Gasteiger partial charge in [0.15, 0.2) is 11.5 Å². The Kier molecular flexibility index (Phi) is 3.45. The second-order valence-electron chi connectivity index (χ2n) is 2.72. The number of phenols is 1. The molecule has 0 saturated carbocycles. The lowest BCUT2D eigenvalue weighted by atomic mass is 10.1. The van der Waals surface area contributed by atoms with Gasteiger partial charge in [0.25, 0.3) is 0 Å². The molecule has 0 saturated heterocycles. The molecule has 0 fully saturated rings. The van der Waals surface area contributed by atoms with Crippen LogP contribution in [-0.4, -0.2) is 18.0 Å². The third-order valence-corrected chi connectivity index (χ3v) is 2.22. The van der Waals surface area contributed by atoms with E-state index in [4.69, 9.17) is 10.5 Å². The fourth-order valence-electron chi connectivity index (χ4n) is 1.04.